The maximum absolute atomic E-state index is 4.23. The van der Waals surface area contributed by atoms with Crippen LogP contribution in [-0.4, -0.2) is 19.4 Å². The normalized spacial score (nSPS) is 12.6. The van der Waals surface area contributed by atoms with Crippen LogP contribution >= 0.6 is 0 Å². The molecule has 0 heterocycles. The van der Waals surface area contributed by atoms with E-state index >= 15 is 0 Å². The number of rotatable bonds is 4. The molecular weight excluding hydrogens is 196 g/mol. The topological polar surface area (TPSA) is 24.4 Å². The molecule has 0 aliphatic rings. The van der Waals surface area contributed by atoms with E-state index in [1.54, 1.807) is 7.05 Å². The smallest absolute Gasteiger partial charge is 0.127 e. The van der Waals surface area contributed by atoms with Crippen LogP contribution in [0.4, 0.5) is 0 Å². The summed E-state index contributed by atoms with van der Waals surface area (Å²) in [6, 6.07) is 0. The zero-order valence-corrected chi connectivity index (χ0v) is 12.0. The molecule has 0 radical (unpaired) electrons. The van der Waals surface area contributed by atoms with Crippen molar-refractivity contribution >= 4 is 5.84 Å². The number of hydrogen-bond acceptors (Lipinski definition) is 1. The van der Waals surface area contributed by atoms with Gasteiger partial charge < -0.3 is 5.32 Å². The minimum Gasteiger partial charge on any atom is -0.370 e. The number of amidine groups is 1. The van der Waals surface area contributed by atoms with Crippen LogP contribution < -0.4 is 5.32 Å². The van der Waals surface area contributed by atoms with Gasteiger partial charge in [-0.15, -0.1) is 0 Å². The Morgan fingerprint density at radius 3 is 2.19 bits per heavy atom. The summed E-state index contributed by atoms with van der Waals surface area (Å²) in [5.41, 5.74) is 2.45. The molecule has 16 heavy (non-hydrogen) atoms. The molecule has 0 saturated carbocycles. The standard InChI is InChI=1S/C12H22N2.C2H6.H2/c1-7-11(10(5)9(3)4)12(13-6)14-8-2;1-2;/h7,9H,1,8H2,2-6H3,(H,13,14);1-2H3;1H/b11-10+;;. The predicted molar refractivity (Wildman–Crippen MR) is 78.2 cm³/mol. The van der Waals surface area contributed by atoms with Gasteiger partial charge in [-0.2, -0.15) is 0 Å². The Morgan fingerprint density at radius 1 is 1.44 bits per heavy atom. The highest BCUT2D eigenvalue weighted by Gasteiger charge is 2.08. The van der Waals surface area contributed by atoms with Gasteiger partial charge >= 0.3 is 0 Å². The first kappa shape index (κ1) is 17.3. The first-order chi connectivity index (χ1) is 7.58. The minimum atomic E-state index is 0. The average Bonchev–Trinajstić information content (AvgIpc) is 2.31. The van der Waals surface area contributed by atoms with Crippen LogP contribution in [0, 0.1) is 5.92 Å². The van der Waals surface area contributed by atoms with Gasteiger partial charge in [-0.25, -0.2) is 0 Å². The number of allylic oxidation sites excluding steroid dienone is 1. The summed E-state index contributed by atoms with van der Waals surface area (Å²) in [7, 11) is 1.80. The molecule has 0 rings (SSSR count). The van der Waals surface area contributed by atoms with Crippen molar-refractivity contribution in [2.75, 3.05) is 13.6 Å². The third-order valence-electron chi connectivity index (χ3n) is 2.32. The van der Waals surface area contributed by atoms with E-state index in [2.05, 4.69) is 44.6 Å². The molecule has 0 unspecified atom stereocenters. The number of aliphatic imine (C=N–C) groups is 1. The molecule has 2 heteroatoms. The van der Waals surface area contributed by atoms with Crippen molar-refractivity contribution in [3.63, 3.8) is 0 Å². The molecule has 0 bridgehead atoms. The predicted octanol–water partition coefficient (Wildman–Crippen LogP) is 4.05. The van der Waals surface area contributed by atoms with E-state index in [1.807, 2.05) is 19.9 Å². The summed E-state index contributed by atoms with van der Waals surface area (Å²) in [4.78, 5) is 4.23. The SMILES string of the molecule is C=C/C(C(=NC)NCC)=C(/C)C(C)C.CC.[HH]. The van der Waals surface area contributed by atoms with Crippen LogP contribution in [0.2, 0.25) is 0 Å². The fraction of sp³-hybridized carbons (Fsp3) is 0.643. The van der Waals surface area contributed by atoms with Crippen LogP contribution in [-0.2, 0) is 0 Å². The molecule has 0 aliphatic carbocycles. The zero-order chi connectivity index (χ0) is 13.1. The van der Waals surface area contributed by atoms with Crippen molar-refractivity contribution in [1.82, 2.24) is 5.32 Å². The summed E-state index contributed by atoms with van der Waals surface area (Å²) >= 11 is 0. The molecule has 0 amide bonds. The van der Waals surface area contributed by atoms with E-state index < -0.39 is 0 Å². The molecule has 0 saturated heterocycles. The summed E-state index contributed by atoms with van der Waals surface area (Å²) in [6.07, 6.45) is 1.88. The summed E-state index contributed by atoms with van der Waals surface area (Å²) in [5, 5.41) is 3.24. The average molecular weight is 226 g/mol. The summed E-state index contributed by atoms with van der Waals surface area (Å²) in [6.45, 7) is 17.3. The fourth-order valence-electron chi connectivity index (χ4n) is 1.22. The van der Waals surface area contributed by atoms with E-state index in [-0.39, 0.29) is 1.43 Å². The van der Waals surface area contributed by atoms with Gasteiger partial charge in [0, 0.05) is 20.6 Å². The van der Waals surface area contributed by atoms with E-state index in [0.717, 1.165) is 18.0 Å². The van der Waals surface area contributed by atoms with Crippen molar-refractivity contribution in [3.8, 4) is 0 Å². The van der Waals surface area contributed by atoms with E-state index in [9.17, 15) is 0 Å². The van der Waals surface area contributed by atoms with Crippen LogP contribution in [0.5, 0.6) is 0 Å². The lowest BCUT2D eigenvalue weighted by atomic mass is 9.98. The molecule has 0 aromatic rings. The van der Waals surface area contributed by atoms with Gasteiger partial charge in [0.25, 0.3) is 0 Å². The second-order valence-corrected chi connectivity index (χ2v) is 3.56. The third kappa shape index (κ3) is 5.74. The maximum atomic E-state index is 4.23. The summed E-state index contributed by atoms with van der Waals surface area (Å²) in [5.74, 6) is 1.46. The van der Waals surface area contributed by atoms with E-state index in [4.69, 9.17) is 0 Å². The highest BCUT2D eigenvalue weighted by Crippen LogP contribution is 2.15. The molecular formula is C14H30N2. The zero-order valence-electron chi connectivity index (χ0n) is 12.0. The van der Waals surface area contributed by atoms with Gasteiger partial charge in [0.2, 0.25) is 0 Å². The van der Waals surface area contributed by atoms with Crippen LogP contribution in [0.1, 0.15) is 43.0 Å². The van der Waals surface area contributed by atoms with Gasteiger partial charge in [0.15, 0.2) is 0 Å². The lowest BCUT2D eigenvalue weighted by Crippen LogP contribution is -2.25. The Labute approximate surface area is 103 Å². The fourth-order valence-corrected chi connectivity index (χ4v) is 1.22. The maximum Gasteiger partial charge on any atom is 0.127 e. The monoisotopic (exact) mass is 226 g/mol. The Kier molecular flexibility index (Phi) is 11.3. The molecule has 0 aromatic carbocycles. The second-order valence-electron chi connectivity index (χ2n) is 3.56. The van der Waals surface area contributed by atoms with Crippen molar-refractivity contribution in [2.45, 2.75) is 41.5 Å². The Morgan fingerprint density at radius 2 is 1.94 bits per heavy atom. The Balaban J connectivity index is -0.000000616. The second kappa shape index (κ2) is 10.5. The van der Waals surface area contributed by atoms with Gasteiger partial charge in [0.05, 0.1) is 0 Å². The first-order valence-corrected chi connectivity index (χ1v) is 6.12. The Bertz CT molecular complexity index is 253. The van der Waals surface area contributed by atoms with Crippen molar-refractivity contribution in [3.05, 3.63) is 23.8 Å². The van der Waals surface area contributed by atoms with Crippen LogP contribution in [0.25, 0.3) is 0 Å². The number of nitrogens with zero attached hydrogens (tertiary/aromatic N) is 1. The number of nitrogens with one attached hydrogen (secondary N) is 1. The Hall–Kier alpha value is -1.05. The molecule has 2 nitrogen and oxygen atoms in total. The summed E-state index contributed by atoms with van der Waals surface area (Å²) < 4.78 is 0. The largest absolute Gasteiger partial charge is 0.370 e. The van der Waals surface area contributed by atoms with Gasteiger partial charge in [0.1, 0.15) is 5.84 Å². The lowest BCUT2D eigenvalue weighted by molar-refractivity contribution is 0.764. The van der Waals surface area contributed by atoms with Crippen molar-refractivity contribution < 1.29 is 1.43 Å². The minimum absolute atomic E-state index is 0. The third-order valence-corrected chi connectivity index (χ3v) is 2.32. The number of hydrogen-bond donors (Lipinski definition) is 1. The highest BCUT2D eigenvalue weighted by molar-refractivity contribution is 6.01. The van der Waals surface area contributed by atoms with E-state index in [1.165, 1.54) is 5.57 Å². The molecule has 0 fully saturated rings. The molecule has 0 aliphatic heterocycles. The van der Waals surface area contributed by atoms with Crippen molar-refractivity contribution in [2.24, 2.45) is 10.9 Å². The molecule has 96 valence electrons. The van der Waals surface area contributed by atoms with Gasteiger partial charge in [-0.05, 0) is 19.8 Å². The van der Waals surface area contributed by atoms with Gasteiger partial charge in [-0.3, -0.25) is 4.99 Å². The van der Waals surface area contributed by atoms with Crippen molar-refractivity contribution in [1.29, 1.82) is 0 Å². The molecule has 0 atom stereocenters. The van der Waals surface area contributed by atoms with E-state index in [0.29, 0.717) is 5.92 Å². The van der Waals surface area contributed by atoms with Crippen LogP contribution in [0.15, 0.2) is 28.8 Å². The first-order valence-electron chi connectivity index (χ1n) is 6.12. The van der Waals surface area contributed by atoms with Gasteiger partial charge in [-0.1, -0.05) is 45.9 Å². The molecule has 0 aromatic heterocycles. The number of likely N-dealkylation sites (N-methyl/N-ethyl adjacent to an activating group) is 1. The van der Waals surface area contributed by atoms with Crippen LogP contribution in [0.3, 0.4) is 0 Å². The lowest BCUT2D eigenvalue weighted by Gasteiger charge is -2.14. The molecule has 0 spiro atoms. The highest BCUT2D eigenvalue weighted by atomic mass is 15.0. The molecule has 1 N–H and O–H groups in total. The quantitative estimate of drug-likeness (QED) is 0.436.